The molecule has 1 amide bonds. The number of amides is 1. The molecule has 4 N–H and O–H groups in total. The second kappa shape index (κ2) is 7.44. The minimum atomic E-state index is -0.331. The Kier molecular flexibility index (Phi) is 4.62. The third kappa shape index (κ3) is 3.28. The molecule has 3 aliphatic rings. The predicted molar refractivity (Wildman–Crippen MR) is 120 cm³/mol. The Morgan fingerprint density at radius 3 is 2.43 bits per heavy atom. The maximum atomic E-state index is 12.7. The first-order chi connectivity index (χ1) is 14.6. The summed E-state index contributed by atoms with van der Waals surface area (Å²) in [5.41, 5.74) is 8.81. The van der Waals surface area contributed by atoms with Gasteiger partial charge in [-0.2, -0.15) is 4.99 Å². The minimum absolute atomic E-state index is 0.0495. The van der Waals surface area contributed by atoms with Crippen molar-refractivity contribution in [2.75, 3.05) is 10.6 Å². The van der Waals surface area contributed by atoms with Crippen molar-refractivity contribution in [1.29, 1.82) is 5.41 Å². The van der Waals surface area contributed by atoms with Crippen LogP contribution in [0.25, 0.3) is 0 Å². The van der Waals surface area contributed by atoms with Gasteiger partial charge in [0.05, 0.1) is 5.57 Å². The van der Waals surface area contributed by atoms with Crippen molar-refractivity contribution in [3.05, 3.63) is 69.9 Å². The van der Waals surface area contributed by atoms with E-state index in [0.717, 1.165) is 42.6 Å². The van der Waals surface area contributed by atoms with Gasteiger partial charge in [0.2, 0.25) is 5.96 Å². The van der Waals surface area contributed by atoms with Crippen LogP contribution in [-0.4, -0.2) is 17.7 Å². The summed E-state index contributed by atoms with van der Waals surface area (Å²) < 4.78 is 0. The number of hydrogen-bond acceptors (Lipinski definition) is 4. The van der Waals surface area contributed by atoms with Crippen LogP contribution in [0.4, 0.5) is 11.4 Å². The Bertz CT molecular complexity index is 1100. The van der Waals surface area contributed by atoms with Gasteiger partial charge in [-0.05, 0) is 79.3 Å². The molecule has 6 nitrogen and oxygen atoms in total. The van der Waals surface area contributed by atoms with Gasteiger partial charge in [-0.1, -0.05) is 24.3 Å². The number of carbonyl (C=O) groups excluding carboxylic acids is 1. The van der Waals surface area contributed by atoms with E-state index in [-0.39, 0.29) is 17.3 Å². The maximum Gasteiger partial charge on any atom is 0.263 e. The summed E-state index contributed by atoms with van der Waals surface area (Å²) in [4.78, 5) is 17.0. The molecule has 5 rings (SSSR count). The first-order valence-electron chi connectivity index (χ1n) is 10.5. The van der Waals surface area contributed by atoms with E-state index in [1.165, 1.54) is 35.1 Å². The number of nitrogens with zero attached hydrogens (tertiary/aromatic N) is 1. The van der Waals surface area contributed by atoms with Crippen molar-refractivity contribution >= 4 is 29.1 Å². The fourth-order valence-corrected chi connectivity index (χ4v) is 4.65. The molecule has 0 bridgehead atoms. The first-order valence-corrected chi connectivity index (χ1v) is 10.5. The molecule has 0 saturated carbocycles. The number of para-hydroxylation sites is 1. The number of guanidine groups is 1. The molecule has 1 aliphatic heterocycles. The van der Waals surface area contributed by atoms with E-state index in [4.69, 9.17) is 5.41 Å². The lowest BCUT2D eigenvalue weighted by Crippen LogP contribution is -2.43. The number of benzene rings is 2. The summed E-state index contributed by atoms with van der Waals surface area (Å²) in [7, 11) is 0. The smallest absolute Gasteiger partial charge is 0.263 e. The number of nitrogens with one attached hydrogen (secondary N) is 4. The number of aryl methyl sites for hydroxylation is 3. The van der Waals surface area contributed by atoms with Gasteiger partial charge < -0.3 is 10.6 Å². The van der Waals surface area contributed by atoms with Gasteiger partial charge in [0, 0.05) is 17.6 Å². The Hall–Kier alpha value is -3.41. The zero-order chi connectivity index (χ0) is 20.7. The molecular weight excluding hydrogens is 374 g/mol. The molecule has 2 aromatic carbocycles. The number of hydrogen-bond donors (Lipinski definition) is 4. The Morgan fingerprint density at radius 1 is 1.07 bits per heavy atom. The zero-order valence-corrected chi connectivity index (χ0v) is 17.1. The number of carbonyl (C=O) groups is 1. The van der Waals surface area contributed by atoms with E-state index in [2.05, 4.69) is 27.0 Å². The molecule has 0 spiro atoms. The zero-order valence-electron chi connectivity index (χ0n) is 17.1. The average molecular weight is 399 g/mol. The van der Waals surface area contributed by atoms with Gasteiger partial charge in [0.1, 0.15) is 0 Å². The standard InChI is InChI=1S/C24H25N5O/c1-14-6-2-3-11-20(14)26-13-19-22(25)28-24(29-23(19)30)27-21-17-9-4-7-15(17)12-16-8-5-10-18(16)21/h2-3,6,11-13,26H,4-5,7-10H2,1H3,(H3,25,27,28,29,30)/b19-13+. The molecule has 30 heavy (non-hydrogen) atoms. The second-order valence-electron chi connectivity index (χ2n) is 8.14. The van der Waals surface area contributed by atoms with Crippen LogP contribution in [-0.2, 0) is 30.5 Å². The molecule has 0 unspecified atom stereocenters. The third-order valence-corrected chi connectivity index (χ3v) is 6.19. The highest BCUT2D eigenvalue weighted by atomic mass is 16.2. The van der Waals surface area contributed by atoms with Gasteiger partial charge in [-0.25, -0.2) is 0 Å². The molecule has 0 saturated heterocycles. The molecule has 0 radical (unpaired) electrons. The van der Waals surface area contributed by atoms with Crippen LogP contribution in [0.15, 0.2) is 47.1 Å². The largest absolute Gasteiger partial charge is 0.361 e. The minimum Gasteiger partial charge on any atom is -0.361 e. The van der Waals surface area contributed by atoms with Crippen molar-refractivity contribution in [2.24, 2.45) is 4.99 Å². The summed E-state index contributed by atoms with van der Waals surface area (Å²) in [5, 5.41) is 17.6. The highest BCUT2D eigenvalue weighted by molar-refractivity contribution is 6.30. The second-order valence-corrected chi connectivity index (χ2v) is 8.14. The molecule has 2 aromatic rings. The van der Waals surface area contributed by atoms with Gasteiger partial charge >= 0.3 is 0 Å². The first kappa shape index (κ1) is 18.6. The summed E-state index contributed by atoms with van der Waals surface area (Å²) >= 11 is 0. The number of anilines is 2. The molecule has 1 heterocycles. The Balaban J connectivity index is 1.40. The van der Waals surface area contributed by atoms with Crippen LogP contribution in [0.3, 0.4) is 0 Å². The van der Waals surface area contributed by atoms with E-state index in [1.54, 1.807) is 6.20 Å². The number of amidine groups is 1. The molecule has 2 aliphatic carbocycles. The lowest BCUT2D eigenvalue weighted by molar-refractivity contribution is -0.115. The molecule has 0 aromatic heterocycles. The number of rotatable bonds is 3. The molecule has 0 fully saturated rings. The normalized spacial score (nSPS) is 18.7. The predicted octanol–water partition coefficient (Wildman–Crippen LogP) is 3.84. The van der Waals surface area contributed by atoms with Gasteiger partial charge in [0.25, 0.3) is 5.91 Å². The van der Waals surface area contributed by atoms with Gasteiger partial charge in [-0.15, -0.1) is 0 Å². The van der Waals surface area contributed by atoms with Crippen molar-refractivity contribution in [2.45, 2.75) is 45.4 Å². The quantitative estimate of drug-likeness (QED) is 0.591. The average Bonchev–Trinajstić information content (AvgIpc) is 3.37. The van der Waals surface area contributed by atoms with E-state index in [9.17, 15) is 4.79 Å². The Labute approximate surface area is 176 Å². The van der Waals surface area contributed by atoms with Crippen molar-refractivity contribution in [3.8, 4) is 0 Å². The topological polar surface area (TPSA) is 89.4 Å². The summed E-state index contributed by atoms with van der Waals surface area (Å²) in [6.45, 7) is 1.99. The monoisotopic (exact) mass is 399 g/mol. The SMILES string of the molecule is Cc1ccccc1N/C=C1\C(=N)N=C(Nc2c3c(cc4c2CCC4)CCC3)NC1=O. The molecular formula is C24H25N5O. The van der Waals surface area contributed by atoms with Gasteiger partial charge in [0.15, 0.2) is 5.84 Å². The van der Waals surface area contributed by atoms with E-state index in [1.807, 2.05) is 31.2 Å². The molecule has 0 atom stereocenters. The van der Waals surface area contributed by atoms with Gasteiger partial charge in [-0.3, -0.25) is 15.5 Å². The third-order valence-electron chi connectivity index (χ3n) is 6.19. The fraction of sp³-hybridized carbons (Fsp3) is 0.292. The summed E-state index contributed by atoms with van der Waals surface area (Å²) in [5.74, 6) is -0.0400. The van der Waals surface area contributed by atoms with Crippen molar-refractivity contribution < 1.29 is 4.79 Å². The van der Waals surface area contributed by atoms with Crippen LogP contribution in [0.2, 0.25) is 0 Å². The summed E-state index contributed by atoms with van der Waals surface area (Å²) in [6, 6.07) is 10.2. The van der Waals surface area contributed by atoms with E-state index < -0.39 is 0 Å². The van der Waals surface area contributed by atoms with Crippen LogP contribution < -0.4 is 16.0 Å². The number of aliphatic imine (C=N–C) groups is 1. The van der Waals surface area contributed by atoms with Crippen molar-refractivity contribution in [1.82, 2.24) is 5.32 Å². The lowest BCUT2D eigenvalue weighted by Gasteiger charge is -2.21. The van der Waals surface area contributed by atoms with Crippen molar-refractivity contribution in [3.63, 3.8) is 0 Å². The lowest BCUT2D eigenvalue weighted by atomic mass is 9.99. The fourth-order valence-electron chi connectivity index (χ4n) is 4.65. The molecule has 6 heteroatoms. The van der Waals surface area contributed by atoms with Crippen LogP contribution >= 0.6 is 0 Å². The Morgan fingerprint density at radius 2 is 1.77 bits per heavy atom. The highest BCUT2D eigenvalue weighted by Crippen LogP contribution is 2.38. The van der Waals surface area contributed by atoms with E-state index >= 15 is 0 Å². The van der Waals surface area contributed by atoms with Crippen LogP contribution in [0, 0.1) is 12.3 Å². The van der Waals surface area contributed by atoms with E-state index in [0.29, 0.717) is 5.96 Å². The number of fused-ring (bicyclic) bond motifs is 2. The molecule has 152 valence electrons. The van der Waals surface area contributed by atoms with Crippen LogP contribution in [0.1, 0.15) is 40.7 Å². The maximum absolute atomic E-state index is 12.7. The highest BCUT2D eigenvalue weighted by Gasteiger charge is 2.27. The summed E-state index contributed by atoms with van der Waals surface area (Å²) in [6.07, 6.45) is 8.22. The van der Waals surface area contributed by atoms with Crippen LogP contribution in [0.5, 0.6) is 0 Å².